The summed E-state index contributed by atoms with van der Waals surface area (Å²) in [5.74, 6) is 4.56. The number of hydrogen-bond donors (Lipinski definition) is 1. The summed E-state index contributed by atoms with van der Waals surface area (Å²) in [6, 6.07) is 0.627. The van der Waals surface area contributed by atoms with Crippen LogP contribution in [0, 0.1) is 29.6 Å². The molecule has 1 heteroatoms. The van der Waals surface area contributed by atoms with E-state index in [2.05, 4.69) is 46.9 Å². The Morgan fingerprint density at radius 2 is 1.71 bits per heavy atom. The van der Waals surface area contributed by atoms with Crippen molar-refractivity contribution in [3.05, 3.63) is 0 Å². The fraction of sp³-hybridized carbons (Fsp3) is 1.00. The van der Waals surface area contributed by atoms with Crippen LogP contribution in [0.1, 0.15) is 60.8 Å². The lowest BCUT2D eigenvalue weighted by Crippen LogP contribution is -2.35. The molecule has 0 heterocycles. The minimum Gasteiger partial charge on any atom is -0.314 e. The van der Waals surface area contributed by atoms with Crippen molar-refractivity contribution in [1.29, 1.82) is 0 Å². The molecule has 1 saturated carbocycles. The van der Waals surface area contributed by atoms with Crippen molar-refractivity contribution in [1.82, 2.24) is 5.32 Å². The molecule has 1 aliphatic carbocycles. The van der Waals surface area contributed by atoms with Crippen LogP contribution >= 0.6 is 0 Å². The Labute approximate surface area is 109 Å². The van der Waals surface area contributed by atoms with Crippen molar-refractivity contribution < 1.29 is 0 Å². The van der Waals surface area contributed by atoms with Crippen molar-refractivity contribution in [2.24, 2.45) is 29.6 Å². The maximum atomic E-state index is 3.59. The first-order valence-electron chi connectivity index (χ1n) is 7.65. The third kappa shape index (κ3) is 4.62. The highest BCUT2D eigenvalue weighted by molar-refractivity contribution is 4.82. The second kappa shape index (κ2) is 6.78. The van der Waals surface area contributed by atoms with Crippen LogP contribution in [0.3, 0.4) is 0 Å². The summed E-state index contributed by atoms with van der Waals surface area (Å²) in [5.41, 5.74) is 0. The van der Waals surface area contributed by atoms with Gasteiger partial charge in [0, 0.05) is 6.04 Å². The van der Waals surface area contributed by atoms with Gasteiger partial charge in [0.2, 0.25) is 0 Å². The van der Waals surface area contributed by atoms with Crippen LogP contribution in [-0.2, 0) is 0 Å². The number of rotatable bonds is 5. The van der Waals surface area contributed by atoms with E-state index in [0.29, 0.717) is 6.04 Å². The van der Waals surface area contributed by atoms with Crippen LogP contribution in [0.2, 0.25) is 0 Å². The molecule has 0 bridgehead atoms. The van der Waals surface area contributed by atoms with Gasteiger partial charge >= 0.3 is 0 Å². The van der Waals surface area contributed by atoms with E-state index >= 15 is 0 Å². The summed E-state index contributed by atoms with van der Waals surface area (Å²) < 4.78 is 0. The van der Waals surface area contributed by atoms with E-state index in [1.165, 1.54) is 25.8 Å². The molecular formula is C16H33N. The molecular weight excluding hydrogens is 206 g/mol. The van der Waals surface area contributed by atoms with Crippen LogP contribution in [0.5, 0.6) is 0 Å². The molecule has 1 aliphatic rings. The Hall–Kier alpha value is -0.0400. The quantitative estimate of drug-likeness (QED) is 0.753. The summed E-state index contributed by atoms with van der Waals surface area (Å²) in [7, 11) is 0. The highest BCUT2D eigenvalue weighted by atomic mass is 14.9. The van der Waals surface area contributed by atoms with Gasteiger partial charge < -0.3 is 5.32 Å². The Balaban J connectivity index is 2.38. The summed E-state index contributed by atoms with van der Waals surface area (Å²) in [4.78, 5) is 0. The lowest BCUT2D eigenvalue weighted by Gasteiger charge is -2.39. The molecule has 0 spiro atoms. The van der Waals surface area contributed by atoms with Gasteiger partial charge in [0.1, 0.15) is 0 Å². The lowest BCUT2D eigenvalue weighted by molar-refractivity contribution is 0.119. The highest BCUT2D eigenvalue weighted by Gasteiger charge is 2.31. The smallest absolute Gasteiger partial charge is 0.00104 e. The first kappa shape index (κ1) is 15.0. The van der Waals surface area contributed by atoms with E-state index in [1.807, 2.05) is 0 Å². The summed E-state index contributed by atoms with van der Waals surface area (Å²) in [5, 5.41) is 3.59. The number of hydrogen-bond acceptors (Lipinski definition) is 1. The average Bonchev–Trinajstić information content (AvgIpc) is 2.25. The van der Waals surface area contributed by atoms with Gasteiger partial charge in [0.05, 0.1) is 0 Å². The van der Waals surface area contributed by atoms with Crippen LogP contribution in [0.15, 0.2) is 0 Å². The third-order valence-corrected chi connectivity index (χ3v) is 4.79. The fourth-order valence-electron chi connectivity index (χ4n) is 3.56. The monoisotopic (exact) mass is 239 g/mol. The Kier molecular flexibility index (Phi) is 5.99. The van der Waals surface area contributed by atoms with Gasteiger partial charge in [-0.1, -0.05) is 41.5 Å². The molecule has 0 aromatic carbocycles. The van der Waals surface area contributed by atoms with Gasteiger partial charge in [0.15, 0.2) is 0 Å². The molecule has 1 fully saturated rings. The third-order valence-electron chi connectivity index (χ3n) is 4.79. The molecule has 0 amide bonds. The molecule has 1 N–H and O–H groups in total. The zero-order chi connectivity index (χ0) is 13.0. The zero-order valence-corrected chi connectivity index (χ0v) is 12.8. The van der Waals surface area contributed by atoms with E-state index in [4.69, 9.17) is 0 Å². The SMILES string of the molecule is CC(C)NCC(C)C1CCC(C(C)C)C(C)C1. The molecule has 1 nitrogen and oxygen atoms in total. The van der Waals surface area contributed by atoms with Crippen molar-refractivity contribution in [2.75, 3.05) is 6.54 Å². The summed E-state index contributed by atoms with van der Waals surface area (Å²) in [6.45, 7) is 15.4. The predicted molar refractivity (Wildman–Crippen MR) is 77.1 cm³/mol. The molecule has 0 aromatic rings. The Bertz CT molecular complexity index is 210. The van der Waals surface area contributed by atoms with E-state index in [0.717, 1.165) is 29.6 Å². The zero-order valence-electron chi connectivity index (χ0n) is 12.8. The van der Waals surface area contributed by atoms with E-state index in [-0.39, 0.29) is 0 Å². The molecule has 0 aromatic heterocycles. The normalized spacial score (nSPS) is 32.1. The molecule has 4 atom stereocenters. The molecule has 4 unspecified atom stereocenters. The van der Waals surface area contributed by atoms with Gasteiger partial charge in [-0.05, 0) is 55.4 Å². The lowest BCUT2D eigenvalue weighted by atomic mass is 9.67. The first-order chi connectivity index (χ1) is 7.91. The maximum Gasteiger partial charge on any atom is 0.00104 e. The standard InChI is InChI=1S/C16H33N/c1-11(2)16-8-7-15(9-13(16)5)14(6)10-17-12(3)4/h11-17H,7-10H2,1-6H3. The molecule has 0 aliphatic heterocycles. The largest absolute Gasteiger partial charge is 0.314 e. The van der Waals surface area contributed by atoms with Crippen molar-refractivity contribution in [3.63, 3.8) is 0 Å². The minimum atomic E-state index is 0.627. The van der Waals surface area contributed by atoms with Gasteiger partial charge in [-0.15, -0.1) is 0 Å². The van der Waals surface area contributed by atoms with Gasteiger partial charge in [0.25, 0.3) is 0 Å². The van der Waals surface area contributed by atoms with Crippen molar-refractivity contribution in [2.45, 2.75) is 66.8 Å². The summed E-state index contributed by atoms with van der Waals surface area (Å²) in [6.07, 6.45) is 4.35. The molecule has 0 saturated heterocycles. The fourth-order valence-corrected chi connectivity index (χ4v) is 3.56. The average molecular weight is 239 g/mol. The Morgan fingerprint density at radius 3 is 2.18 bits per heavy atom. The highest BCUT2D eigenvalue weighted by Crippen LogP contribution is 2.40. The van der Waals surface area contributed by atoms with Crippen LogP contribution in [0.25, 0.3) is 0 Å². The second-order valence-electron chi connectivity index (χ2n) is 7.00. The topological polar surface area (TPSA) is 12.0 Å². The van der Waals surface area contributed by atoms with E-state index in [9.17, 15) is 0 Å². The van der Waals surface area contributed by atoms with Gasteiger partial charge in [-0.3, -0.25) is 0 Å². The van der Waals surface area contributed by atoms with Gasteiger partial charge in [-0.2, -0.15) is 0 Å². The van der Waals surface area contributed by atoms with E-state index < -0.39 is 0 Å². The molecule has 0 radical (unpaired) electrons. The first-order valence-corrected chi connectivity index (χ1v) is 7.65. The maximum absolute atomic E-state index is 3.59. The molecule has 1 rings (SSSR count). The Morgan fingerprint density at radius 1 is 1.06 bits per heavy atom. The molecule has 102 valence electrons. The summed E-state index contributed by atoms with van der Waals surface area (Å²) >= 11 is 0. The minimum absolute atomic E-state index is 0.627. The van der Waals surface area contributed by atoms with Crippen LogP contribution < -0.4 is 5.32 Å². The molecule has 17 heavy (non-hydrogen) atoms. The van der Waals surface area contributed by atoms with Crippen LogP contribution in [0.4, 0.5) is 0 Å². The predicted octanol–water partition coefficient (Wildman–Crippen LogP) is 4.33. The van der Waals surface area contributed by atoms with Crippen LogP contribution in [-0.4, -0.2) is 12.6 Å². The second-order valence-corrected chi connectivity index (χ2v) is 7.00. The van der Waals surface area contributed by atoms with E-state index in [1.54, 1.807) is 0 Å². The number of nitrogens with one attached hydrogen (secondary N) is 1. The van der Waals surface area contributed by atoms with Crippen molar-refractivity contribution >= 4 is 0 Å². The van der Waals surface area contributed by atoms with Gasteiger partial charge in [-0.25, -0.2) is 0 Å². The van der Waals surface area contributed by atoms with Crippen molar-refractivity contribution in [3.8, 4) is 0 Å².